The Kier molecular flexibility index (Phi) is 4.26. The van der Waals surface area contributed by atoms with E-state index in [1.54, 1.807) is 0 Å². The van der Waals surface area contributed by atoms with Crippen LogP contribution in [0.1, 0.15) is 46.0 Å². The average Bonchev–Trinajstić information content (AvgIpc) is 2.68. The van der Waals surface area contributed by atoms with Crippen molar-refractivity contribution in [3.8, 4) is 0 Å². The van der Waals surface area contributed by atoms with E-state index in [4.69, 9.17) is 0 Å². The fourth-order valence-electron chi connectivity index (χ4n) is 3.70. The molecular formula is C14H27NO. The number of hydrogen-bond donors (Lipinski definition) is 1. The van der Waals surface area contributed by atoms with Gasteiger partial charge in [-0.25, -0.2) is 0 Å². The Hall–Kier alpha value is -0.0800. The topological polar surface area (TPSA) is 23.5 Å². The van der Waals surface area contributed by atoms with Crippen molar-refractivity contribution < 1.29 is 5.11 Å². The summed E-state index contributed by atoms with van der Waals surface area (Å²) in [5, 5.41) is 10.2. The zero-order chi connectivity index (χ0) is 11.5. The van der Waals surface area contributed by atoms with Gasteiger partial charge in [0.05, 0.1) is 6.10 Å². The lowest BCUT2D eigenvalue weighted by molar-refractivity contribution is 0.0390. The molecule has 94 valence electrons. The van der Waals surface area contributed by atoms with Gasteiger partial charge in [-0.3, -0.25) is 0 Å². The van der Waals surface area contributed by atoms with Crippen molar-refractivity contribution in [3.05, 3.63) is 0 Å². The standard InChI is InChI=1S/C14H27NO/c1-11-7-12(2)9-15(8-11)10-14(16)13-5-3-4-6-13/h11-14,16H,3-10H2,1-2H3. The van der Waals surface area contributed by atoms with Crippen LogP contribution in [0.4, 0.5) is 0 Å². The smallest absolute Gasteiger partial charge is 0.0695 e. The van der Waals surface area contributed by atoms with Gasteiger partial charge in [-0.05, 0) is 37.0 Å². The van der Waals surface area contributed by atoms with E-state index in [0.29, 0.717) is 5.92 Å². The van der Waals surface area contributed by atoms with Crippen LogP contribution in [-0.2, 0) is 0 Å². The maximum absolute atomic E-state index is 10.2. The summed E-state index contributed by atoms with van der Waals surface area (Å²) in [6.07, 6.45) is 6.44. The zero-order valence-electron chi connectivity index (χ0n) is 10.9. The zero-order valence-corrected chi connectivity index (χ0v) is 10.9. The number of likely N-dealkylation sites (tertiary alicyclic amines) is 1. The first kappa shape index (κ1) is 12.4. The van der Waals surface area contributed by atoms with Crippen LogP contribution in [0.5, 0.6) is 0 Å². The quantitative estimate of drug-likeness (QED) is 0.798. The fraction of sp³-hybridized carbons (Fsp3) is 1.00. The third kappa shape index (κ3) is 3.21. The number of piperidine rings is 1. The molecule has 0 aromatic carbocycles. The lowest BCUT2D eigenvalue weighted by Crippen LogP contribution is -2.44. The number of β-amino-alcohol motifs (C(OH)–C–C–N with tert-alkyl or cyclic N) is 1. The Morgan fingerprint density at radius 1 is 1.12 bits per heavy atom. The molecule has 0 spiro atoms. The van der Waals surface area contributed by atoms with Crippen molar-refractivity contribution in [1.82, 2.24) is 4.90 Å². The van der Waals surface area contributed by atoms with Crippen LogP contribution in [0.2, 0.25) is 0 Å². The maximum Gasteiger partial charge on any atom is 0.0695 e. The highest BCUT2D eigenvalue weighted by Crippen LogP contribution is 2.29. The normalized spacial score (nSPS) is 35.4. The number of nitrogens with zero attached hydrogens (tertiary/aromatic N) is 1. The molecule has 16 heavy (non-hydrogen) atoms. The second-order valence-electron chi connectivity index (χ2n) is 6.28. The molecule has 0 amide bonds. The second kappa shape index (κ2) is 5.50. The lowest BCUT2D eigenvalue weighted by atomic mass is 9.91. The highest BCUT2D eigenvalue weighted by atomic mass is 16.3. The molecule has 1 N–H and O–H groups in total. The van der Waals surface area contributed by atoms with Crippen LogP contribution in [0, 0.1) is 17.8 Å². The number of aliphatic hydroxyl groups excluding tert-OH is 1. The first-order valence-corrected chi connectivity index (χ1v) is 7.05. The molecule has 0 bridgehead atoms. The first-order valence-electron chi connectivity index (χ1n) is 7.05. The van der Waals surface area contributed by atoms with Gasteiger partial charge in [0.1, 0.15) is 0 Å². The maximum atomic E-state index is 10.2. The van der Waals surface area contributed by atoms with E-state index in [9.17, 15) is 5.11 Å². The molecule has 0 radical (unpaired) electrons. The molecule has 3 atom stereocenters. The predicted molar refractivity (Wildman–Crippen MR) is 67.3 cm³/mol. The van der Waals surface area contributed by atoms with Crippen molar-refractivity contribution in [2.24, 2.45) is 17.8 Å². The summed E-state index contributed by atoms with van der Waals surface area (Å²) in [7, 11) is 0. The molecule has 2 fully saturated rings. The summed E-state index contributed by atoms with van der Waals surface area (Å²) in [5.41, 5.74) is 0. The van der Waals surface area contributed by atoms with Crippen molar-refractivity contribution in [1.29, 1.82) is 0 Å². The number of rotatable bonds is 3. The number of aliphatic hydroxyl groups is 1. The summed E-state index contributed by atoms with van der Waals surface area (Å²) < 4.78 is 0. The molecule has 0 aromatic heterocycles. The molecule has 1 saturated carbocycles. The van der Waals surface area contributed by atoms with E-state index >= 15 is 0 Å². The summed E-state index contributed by atoms with van der Waals surface area (Å²) in [5.74, 6) is 2.20. The van der Waals surface area contributed by atoms with E-state index in [2.05, 4.69) is 18.7 Å². The Bertz CT molecular complexity index is 203. The largest absolute Gasteiger partial charge is 0.392 e. The van der Waals surface area contributed by atoms with Gasteiger partial charge >= 0.3 is 0 Å². The lowest BCUT2D eigenvalue weighted by Gasteiger charge is -2.37. The summed E-state index contributed by atoms with van der Waals surface area (Å²) in [6.45, 7) is 7.97. The molecule has 2 heteroatoms. The summed E-state index contributed by atoms with van der Waals surface area (Å²) in [6, 6.07) is 0. The Morgan fingerprint density at radius 3 is 2.25 bits per heavy atom. The van der Waals surface area contributed by atoms with E-state index in [1.807, 2.05) is 0 Å². The molecule has 0 aromatic rings. The SMILES string of the molecule is CC1CC(C)CN(CC(O)C2CCCC2)C1. The Morgan fingerprint density at radius 2 is 1.69 bits per heavy atom. The molecule has 2 rings (SSSR count). The molecule has 2 nitrogen and oxygen atoms in total. The Labute approximate surface area is 100 Å². The monoisotopic (exact) mass is 225 g/mol. The van der Waals surface area contributed by atoms with Gasteiger partial charge in [0.25, 0.3) is 0 Å². The van der Waals surface area contributed by atoms with Crippen LogP contribution < -0.4 is 0 Å². The van der Waals surface area contributed by atoms with Crippen LogP contribution in [-0.4, -0.2) is 35.7 Å². The van der Waals surface area contributed by atoms with E-state index in [1.165, 1.54) is 45.2 Å². The van der Waals surface area contributed by atoms with E-state index < -0.39 is 0 Å². The average molecular weight is 225 g/mol. The third-order valence-corrected chi connectivity index (χ3v) is 4.33. The fourth-order valence-corrected chi connectivity index (χ4v) is 3.70. The molecule has 1 heterocycles. The summed E-state index contributed by atoms with van der Waals surface area (Å²) in [4.78, 5) is 2.49. The predicted octanol–water partition coefficient (Wildman–Crippen LogP) is 2.52. The van der Waals surface area contributed by atoms with Gasteiger partial charge in [-0.15, -0.1) is 0 Å². The van der Waals surface area contributed by atoms with Crippen molar-refractivity contribution >= 4 is 0 Å². The van der Waals surface area contributed by atoms with Crippen LogP contribution in [0.3, 0.4) is 0 Å². The second-order valence-corrected chi connectivity index (χ2v) is 6.28. The van der Waals surface area contributed by atoms with Crippen LogP contribution >= 0.6 is 0 Å². The molecule has 1 aliphatic heterocycles. The minimum Gasteiger partial charge on any atom is -0.392 e. The van der Waals surface area contributed by atoms with Crippen LogP contribution in [0.25, 0.3) is 0 Å². The van der Waals surface area contributed by atoms with Crippen molar-refractivity contribution in [2.45, 2.75) is 52.1 Å². The van der Waals surface area contributed by atoms with E-state index in [-0.39, 0.29) is 6.10 Å². The molecular weight excluding hydrogens is 198 g/mol. The van der Waals surface area contributed by atoms with E-state index in [0.717, 1.165) is 18.4 Å². The molecule has 2 aliphatic rings. The summed E-state index contributed by atoms with van der Waals surface area (Å²) >= 11 is 0. The third-order valence-electron chi connectivity index (χ3n) is 4.33. The first-order chi connectivity index (χ1) is 7.65. The highest BCUT2D eigenvalue weighted by molar-refractivity contribution is 4.81. The number of hydrogen-bond acceptors (Lipinski definition) is 2. The highest BCUT2D eigenvalue weighted by Gasteiger charge is 2.28. The van der Waals surface area contributed by atoms with Gasteiger partial charge in [0.15, 0.2) is 0 Å². The minimum absolute atomic E-state index is 0.0694. The van der Waals surface area contributed by atoms with Crippen LogP contribution in [0.15, 0.2) is 0 Å². The molecule has 1 aliphatic carbocycles. The van der Waals surface area contributed by atoms with Crippen molar-refractivity contribution in [3.63, 3.8) is 0 Å². The van der Waals surface area contributed by atoms with Gasteiger partial charge in [0, 0.05) is 19.6 Å². The van der Waals surface area contributed by atoms with Gasteiger partial charge < -0.3 is 10.0 Å². The van der Waals surface area contributed by atoms with Gasteiger partial charge in [-0.2, -0.15) is 0 Å². The Balaban J connectivity index is 1.79. The minimum atomic E-state index is -0.0694. The van der Waals surface area contributed by atoms with Crippen molar-refractivity contribution in [2.75, 3.05) is 19.6 Å². The van der Waals surface area contributed by atoms with Gasteiger partial charge in [-0.1, -0.05) is 26.7 Å². The molecule has 1 saturated heterocycles. The van der Waals surface area contributed by atoms with Gasteiger partial charge in [0.2, 0.25) is 0 Å². The molecule has 3 unspecified atom stereocenters.